The SMILES string of the molecule is COC1C2C=CC3=C(OCCO3)C1C2C. The fourth-order valence-electron chi connectivity index (χ4n) is 2.94. The van der Waals surface area contributed by atoms with E-state index >= 15 is 0 Å². The molecule has 0 saturated heterocycles. The first-order valence-electron chi connectivity index (χ1n) is 5.53. The molecule has 3 heteroatoms. The van der Waals surface area contributed by atoms with E-state index < -0.39 is 0 Å². The van der Waals surface area contributed by atoms with Gasteiger partial charge in [-0.2, -0.15) is 0 Å². The largest absolute Gasteiger partial charge is 0.490 e. The van der Waals surface area contributed by atoms with Crippen LogP contribution in [0.2, 0.25) is 0 Å². The van der Waals surface area contributed by atoms with Crippen molar-refractivity contribution < 1.29 is 14.2 Å². The molecular weight excluding hydrogens is 192 g/mol. The van der Waals surface area contributed by atoms with E-state index in [1.807, 2.05) is 0 Å². The monoisotopic (exact) mass is 208 g/mol. The normalized spacial score (nSPS) is 42.3. The molecule has 0 spiro atoms. The number of allylic oxidation sites excluding steroid dienone is 1. The third-order valence-electron chi connectivity index (χ3n) is 3.79. The highest BCUT2D eigenvalue weighted by Gasteiger charge is 2.52. The molecule has 2 bridgehead atoms. The van der Waals surface area contributed by atoms with Gasteiger partial charge in [0.2, 0.25) is 0 Å². The molecule has 1 heterocycles. The van der Waals surface area contributed by atoms with E-state index in [2.05, 4.69) is 19.1 Å². The van der Waals surface area contributed by atoms with E-state index in [9.17, 15) is 0 Å². The van der Waals surface area contributed by atoms with Crippen LogP contribution in [0.3, 0.4) is 0 Å². The maximum atomic E-state index is 5.74. The lowest BCUT2D eigenvalue weighted by molar-refractivity contribution is -0.106. The fraction of sp³-hybridized carbons (Fsp3) is 0.667. The summed E-state index contributed by atoms with van der Waals surface area (Å²) < 4.78 is 16.9. The summed E-state index contributed by atoms with van der Waals surface area (Å²) in [6, 6.07) is 0. The Morgan fingerprint density at radius 3 is 2.93 bits per heavy atom. The van der Waals surface area contributed by atoms with E-state index in [0.29, 0.717) is 31.0 Å². The Kier molecular flexibility index (Phi) is 2.02. The maximum absolute atomic E-state index is 5.74. The van der Waals surface area contributed by atoms with Crippen LogP contribution in [0.25, 0.3) is 0 Å². The van der Waals surface area contributed by atoms with Crippen molar-refractivity contribution in [1.29, 1.82) is 0 Å². The summed E-state index contributed by atoms with van der Waals surface area (Å²) >= 11 is 0. The molecule has 4 unspecified atom stereocenters. The number of rotatable bonds is 1. The van der Waals surface area contributed by atoms with Gasteiger partial charge in [0.15, 0.2) is 5.76 Å². The first-order chi connectivity index (χ1) is 7.33. The third-order valence-corrected chi connectivity index (χ3v) is 3.79. The van der Waals surface area contributed by atoms with Gasteiger partial charge >= 0.3 is 0 Å². The highest BCUT2D eigenvalue weighted by atomic mass is 16.6. The molecule has 3 nitrogen and oxygen atoms in total. The van der Waals surface area contributed by atoms with Gasteiger partial charge < -0.3 is 14.2 Å². The summed E-state index contributed by atoms with van der Waals surface area (Å²) in [6.45, 7) is 3.58. The summed E-state index contributed by atoms with van der Waals surface area (Å²) in [4.78, 5) is 0. The van der Waals surface area contributed by atoms with Crippen molar-refractivity contribution in [1.82, 2.24) is 0 Å². The summed E-state index contributed by atoms with van der Waals surface area (Å²) in [5, 5.41) is 0. The van der Waals surface area contributed by atoms with Gasteiger partial charge in [-0.3, -0.25) is 0 Å². The average Bonchev–Trinajstić information content (AvgIpc) is 2.52. The van der Waals surface area contributed by atoms with E-state index in [0.717, 1.165) is 11.5 Å². The van der Waals surface area contributed by atoms with Crippen molar-refractivity contribution in [3.05, 3.63) is 23.7 Å². The minimum atomic E-state index is 0.269. The van der Waals surface area contributed by atoms with Gasteiger partial charge in [-0.1, -0.05) is 13.0 Å². The van der Waals surface area contributed by atoms with Crippen molar-refractivity contribution >= 4 is 0 Å². The van der Waals surface area contributed by atoms with Gasteiger partial charge in [-0.15, -0.1) is 0 Å². The standard InChI is InChI=1S/C12H16O3/c1-7-8-3-4-9-12(15-6-5-14-9)10(7)11(8)13-2/h3-4,7-8,10-11H,5-6H2,1-2H3. The molecule has 0 aromatic rings. The zero-order chi connectivity index (χ0) is 10.4. The molecule has 82 valence electrons. The Hall–Kier alpha value is -0.960. The molecule has 15 heavy (non-hydrogen) atoms. The fourth-order valence-corrected chi connectivity index (χ4v) is 2.94. The van der Waals surface area contributed by atoms with E-state index in [-0.39, 0.29) is 6.10 Å². The lowest BCUT2D eigenvalue weighted by atomic mass is 9.63. The van der Waals surface area contributed by atoms with Gasteiger partial charge in [-0.05, 0) is 12.0 Å². The van der Waals surface area contributed by atoms with Gasteiger partial charge in [0, 0.05) is 13.0 Å². The second-order valence-corrected chi connectivity index (χ2v) is 4.45. The second kappa shape index (κ2) is 3.27. The number of ether oxygens (including phenoxy) is 3. The third kappa shape index (κ3) is 1.16. The van der Waals surface area contributed by atoms with Crippen molar-refractivity contribution in [2.24, 2.45) is 17.8 Å². The summed E-state index contributed by atoms with van der Waals surface area (Å²) in [5.74, 6) is 3.41. The Labute approximate surface area is 89.7 Å². The highest BCUT2D eigenvalue weighted by molar-refractivity contribution is 5.31. The highest BCUT2D eigenvalue weighted by Crippen LogP contribution is 2.50. The van der Waals surface area contributed by atoms with Crippen molar-refractivity contribution in [2.45, 2.75) is 13.0 Å². The lowest BCUT2D eigenvalue weighted by Crippen LogP contribution is -2.51. The van der Waals surface area contributed by atoms with Crippen molar-refractivity contribution in [3.8, 4) is 0 Å². The van der Waals surface area contributed by atoms with Crippen molar-refractivity contribution in [2.75, 3.05) is 20.3 Å². The Balaban J connectivity index is 1.99. The molecule has 0 N–H and O–H groups in total. The maximum Gasteiger partial charge on any atom is 0.157 e. The average molecular weight is 208 g/mol. The van der Waals surface area contributed by atoms with Crippen LogP contribution in [-0.4, -0.2) is 26.4 Å². The number of hydrogen-bond acceptors (Lipinski definition) is 3. The molecule has 4 atom stereocenters. The van der Waals surface area contributed by atoms with Crippen LogP contribution in [0.15, 0.2) is 23.7 Å². The Morgan fingerprint density at radius 2 is 2.13 bits per heavy atom. The zero-order valence-corrected chi connectivity index (χ0v) is 9.10. The van der Waals surface area contributed by atoms with E-state index in [1.165, 1.54) is 0 Å². The molecule has 0 aromatic heterocycles. The molecule has 0 radical (unpaired) electrons. The first kappa shape index (κ1) is 9.28. The molecule has 3 aliphatic carbocycles. The van der Waals surface area contributed by atoms with Crippen LogP contribution in [0, 0.1) is 17.8 Å². The summed E-state index contributed by atoms with van der Waals surface area (Å²) in [5.41, 5.74) is 0. The number of methoxy groups -OCH3 is 1. The number of hydrogen-bond donors (Lipinski definition) is 0. The van der Waals surface area contributed by atoms with Crippen molar-refractivity contribution in [3.63, 3.8) is 0 Å². The molecule has 4 rings (SSSR count). The molecule has 1 saturated carbocycles. The van der Waals surface area contributed by atoms with Crippen LogP contribution < -0.4 is 0 Å². The van der Waals surface area contributed by atoms with Crippen LogP contribution >= 0.6 is 0 Å². The predicted molar refractivity (Wildman–Crippen MR) is 55.0 cm³/mol. The molecule has 4 aliphatic rings. The lowest BCUT2D eigenvalue weighted by Gasteiger charge is -2.48. The summed E-state index contributed by atoms with van der Waals surface area (Å²) in [6.07, 6.45) is 4.52. The van der Waals surface area contributed by atoms with Gasteiger partial charge in [0.25, 0.3) is 0 Å². The van der Waals surface area contributed by atoms with Crippen LogP contribution in [0.1, 0.15) is 6.92 Å². The predicted octanol–water partition coefficient (Wildman–Crippen LogP) is 1.71. The van der Waals surface area contributed by atoms with E-state index in [1.54, 1.807) is 7.11 Å². The zero-order valence-electron chi connectivity index (χ0n) is 9.10. The van der Waals surface area contributed by atoms with Gasteiger partial charge in [0.1, 0.15) is 19.0 Å². The molecule has 1 fully saturated rings. The molecular formula is C12H16O3. The first-order valence-corrected chi connectivity index (χ1v) is 5.53. The van der Waals surface area contributed by atoms with Gasteiger partial charge in [0.05, 0.1) is 12.0 Å². The quantitative estimate of drug-likeness (QED) is 0.656. The minimum Gasteiger partial charge on any atom is -0.490 e. The summed E-state index contributed by atoms with van der Waals surface area (Å²) in [7, 11) is 1.78. The smallest absolute Gasteiger partial charge is 0.157 e. The molecule has 0 amide bonds. The molecule has 0 aromatic carbocycles. The Bertz CT molecular complexity index is 332. The van der Waals surface area contributed by atoms with Crippen LogP contribution in [-0.2, 0) is 14.2 Å². The van der Waals surface area contributed by atoms with E-state index in [4.69, 9.17) is 14.2 Å². The Morgan fingerprint density at radius 1 is 1.33 bits per heavy atom. The second-order valence-electron chi connectivity index (χ2n) is 4.45. The topological polar surface area (TPSA) is 27.7 Å². The van der Waals surface area contributed by atoms with Crippen LogP contribution in [0.4, 0.5) is 0 Å². The van der Waals surface area contributed by atoms with Gasteiger partial charge in [-0.25, -0.2) is 0 Å². The van der Waals surface area contributed by atoms with Crippen LogP contribution in [0.5, 0.6) is 0 Å². The molecule has 1 aliphatic heterocycles. The minimum absolute atomic E-state index is 0.269.